The number of hydrogen-bond acceptors (Lipinski definition) is 8. The summed E-state index contributed by atoms with van der Waals surface area (Å²) in [4.78, 5) is 22.6. The van der Waals surface area contributed by atoms with Crippen molar-refractivity contribution in [2.24, 2.45) is 0 Å². The SMILES string of the molecule is Clc1nc(Cl)nc(NCCNc2nc(Cl)nc(Cl)n2)n1. The van der Waals surface area contributed by atoms with Crippen molar-refractivity contribution >= 4 is 58.3 Å². The Morgan fingerprint density at radius 1 is 0.550 bits per heavy atom. The molecule has 0 saturated heterocycles. The van der Waals surface area contributed by atoms with Crippen LogP contribution >= 0.6 is 46.4 Å². The van der Waals surface area contributed by atoms with Crippen LogP contribution in [0.1, 0.15) is 0 Å². The highest BCUT2D eigenvalue weighted by atomic mass is 35.5. The highest BCUT2D eigenvalue weighted by Crippen LogP contribution is 2.10. The lowest BCUT2D eigenvalue weighted by Gasteiger charge is -2.06. The third-order valence-electron chi connectivity index (χ3n) is 1.85. The first-order chi connectivity index (χ1) is 9.52. The minimum atomic E-state index is 0.0106. The molecular formula is C8H6Cl4N8. The van der Waals surface area contributed by atoms with Crippen molar-refractivity contribution in [3.8, 4) is 0 Å². The number of nitrogens with zero attached hydrogens (tertiary/aromatic N) is 6. The lowest BCUT2D eigenvalue weighted by atomic mass is 10.6. The van der Waals surface area contributed by atoms with Crippen LogP contribution in [-0.4, -0.2) is 43.0 Å². The van der Waals surface area contributed by atoms with Gasteiger partial charge in [0, 0.05) is 13.1 Å². The number of halogens is 4. The first-order valence-corrected chi connectivity index (χ1v) is 6.66. The Bertz CT molecular complexity index is 515. The number of rotatable bonds is 5. The topological polar surface area (TPSA) is 101 Å². The van der Waals surface area contributed by atoms with Gasteiger partial charge in [-0.05, 0) is 46.4 Å². The summed E-state index contributed by atoms with van der Waals surface area (Å²) < 4.78 is 0. The Balaban J connectivity index is 1.84. The zero-order chi connectivity index (χ0) is 14.5. The average molecular weight is 356 g/mol. The van der Waals surface area contributed by atoms with E-state index in [0.717, 1.165) is 0 Å². The molecule has 2 N–H and O–H groups in total. The fourth-order valence-corrected chi connectivity index (χ4v) is 1.89. The average Bonchev–Trinajstić information content (AvgIpc) is 2.32. The van der Waals surface area contributed by atoms with Gasteiger partial charge < -0.3 is 10.6 Å². The lowest BCUT2D eigenvalue weighted by Crippen LogP contribution is -2.17. The number of hydrogen-bond donors (Lipinski definition) is 2. The van der Waals surface area contributed by atoms with E-state index in [9.17, 15) is 0 Å². The highest BCUT2D eigenvalue weighted by molar-refractivity contribution is 6.31. The third kappa shape index (κ3) is 4.71. The Morgan fingerprint density at radius 2 is 0.850 bits per heavy atom. The molecule has 0 amide bonds. The molecule has 2 aromatic heterocycles. The van der Waals surface area contributed by atoms with Gasteiger partial charge in [-0.3, -0.25) is 0 Å². The molecule has 0 radical (unpaired) electrons. The van der Waals surface area contributed by atoms with Gasteiger partial charge in [-0.2, -0.15) is 29.9 Å². The first kappa shape index (κ1) is 15.2. The summed E-state index contributed by atoms with van der Waals surface area (Å²) >= 11 is 22.5. The Morgan fingerprint density at radius 3 is 1.15 bits per heavy atom. The normalized spacial score (nSPS) is 10.4. The van der Waals surface area contributed by atoms with E-state index >= 15 is 0 Å². The van der Waals surface area contributed by atoms with Gasteiger partial charge >= 0.3 is 0 Å². The summed E-state index contributed by atoms with van der Waals surface area (Å²) in [6.45, 7) is 0.912. The van der Waals surface area contributed by atoms with Gasteiger partial charge in [-0.25, -0.2) is 0 Å². The Labute approximate surface area is 133 Å². The number of nitrogens with one attached hydrogen (secondary N) is 2. The van der Waals surface area contributed by atoms with Crippen LogP contribution in [0.3, 0.4) is 0 Å². The number of aromatic nitrogens is 6. The molecule has 0 fully saturated rings. The van der Waals surface area contributed by atoms with E-state index in [2.05, 4.69) is 40.5 Å². The van der Waals surface area contributed by atoms with E-state index in [4.69, 9.17) is 46.4 Å². The summed E-state index contributed by atoms with van der Waals surface area (Å²) in [6.07, 6.45) is 0. The molecule has 2 rings (SSSR count). The molecular weight excluding hydrogens is 350 g/mol. The predicted molar refractivity (Wildman–Crippen MR) is 76.7 cm³/mol. The Kier molecular flexibility index (Phi) is 5.30. The molecule has 2 aromatic rings. The predicted octanol–water partition coefficient (Wildman–Crippen LogP) is 2.19. The maximum absolute atomic E-state index is 5.64. The summed E-state index contributed by atoms with van der Waals surface area (Å²) in [7, 11) is 0. The fraction of sp³-hybridized carbons (Fsp3) is 0.250. The monoisotopic (exact) mass is 354 g/mol. The van der Waals surface area contributed by atoms with Crippen LogP contribution in [0.15, 0.2) is 0 Å². The van der Waals surface area contributed by atoms with E-state index in [1.54, 1.807) is 0 Å². The van der Waals surface area contributed by atoms with Gasteiger partial charge in [0.05, 0.1) is 0 Å². The van der Waals surface area contributed by atoms with Crippen LogP contribution in [-0.2, 0) is 0 Å². The molecule has 12 heteroatoms. The maximum atomic E-state index is 5.64. The zero-order valence-electron chi connectivity index (χ0n) is 9.61. The molecule has 8 nitrogen and oxygen atoms in total. The minimum absolute atomic E-state index is 0.0106. The Hall–Kier alpha value is -1.22. The maximum Gasteiger partial charge on any atom is 0.228 e. The quantitative estimate of drug-likeness (QED) is 0.787. The van der Waals surface area contributed by atoms with Crippen molar-refractivity contribution in [3.05, 3.63) is 21.1 Å². The summed E-state index contributed by atoms with van der Waals surface area (Å²) in [5, 5.41) is 5.83. The van der Waals surface area contributed by atoms with Crippen molar-refractivity contribution < 1.29 is 0 Å². The standard InChI is InChI=1S/C8H6Cl4N8/c9-3-15-4(10)18-7(17-3)13-1-2-14-8-19-5(11)16-6(12)20-8/h1-2H2,(H,13,15,17,18)(H,14,16,19,20). The lowest BCUT2D eigenvalue weighted by molar-refractivity contribution is 0.963. The van der Waals surface area contributed by atoms with Gasteiger partial charge in [0.15, 0.2) is 0 Å². The second-order valence-corrected chi connectivity index (χ2v) is 4.60. The second-order valence-electron chi connectivity index (χ2n) is 3.25. The molecule has 0 unspecified atom stereocenters. The smallest absolute Gasteiger partial charge is 0.228 e. The van der Waals surface area contributed by atoms with E-state index in [0.29, 0.717) is 13.1 Å². The molecule has 0 aliphatic carbocycles. The molecule has 2 heterocycles. The van der Waals surface area contributed by atoms with Crippen molar-refractivity contribution in [2.45, 2.75) is 0 Å². The first-order valence-electron chi connectivity index (χ1n) is 5.15. The van der Waals surface area contributed by atoms with E-state index in [-0.39, 0.29) is 33.0 Å². The van der Waals surface area contributed by atoms with Crippen LogP contribution in [0.25, 0.3) is 0 Å². The fourth-order valence-electron chi connectivity index (χ4n) is 1.16. The molecule has 0 spiro atoms. The summed E-state index contributed by atoms with van der Waals surface area (Å²) in [6, 6.07) is 0. The van der Waals surface area contributed by atoms with Crippen LogP contribution in [0.4, 0.5) is 11.9 Å². The van der Waals surface area contributed by atoms with E-state index < -0.39 is 0 Å². The largest absolute Gasteiger partial charge is 0.352 e. The van der Waals surface area contributed by atoms with Crippen LogP contribution in [0.5, 0.6) is 0 Å². The van der Waals surface area contributed by atoms with Gasteiger partial charge in [0.25, 0.3) is 0 Å². The molecule has 0 aromatic carbocycles. The van der Waals surface area contributed by atoms with E-state index in [1.807, 2.05) is 0 Å². The van der Waals surface area contributed by atoms with Crippen LogP contribution in [0.2, 0.25) is 21.1 Å². The molecule has 0 aliphatic heterocycles. The summed E-state index contributed by atoms with van der Waals surface area (Å²) in [5.41, 5.74) is 0. The molecule has 0 bridgehead atoms. The highest BCUT2D eigenvalue weighted by Gasteiger charge is 2.04. The summed E-state index contributed by atoms with van der Waals surface area (Å²) in [5.74, 6) is 0.534. The number of anilines is 2. The zero-order valence-corrected chi connectivity index (χ0v) is 12.6. The van der Waals surface area contributed by atoms with Crippen LogP contribution in [0, 0.1) is 0 Å². The molecule has 20 heavy (non-hydrogen) atoms. The molecule has 106 valence electrons. The van der Waals surface area contributed by atoms with Crippen molar-refractivity contribution in [1.82, 2.24) is 29.9 Å². The van der Waals surface area contributed by atoms with Crippen molar-refractivity contribution in [3.63, 3.8) is 0 Å². The second kappa shape index (κ2) is 6.98. The van der Waals surface area contributed by atoms with Gasteiger partial charge in [-0.1, -0.05) is 0 Å². The van der Waals surface area contributed by atoms with Crippen LogP contribution < -0.4 is 10.6 Å². The molecule has 0 saturated carbocycles. The third-order valence-corrected chi connectivity index (χ3v) is 2.53. The van der Waals surface area contributed by atoms with Crippen molar-refractivity contribution in [1.29, 1.82) is 0 Å². The molecule has 0 atom stereocenters. The van der Waals surface area contributed by atoms with Gasteiger partial charge in [0.2, 0.25) is 33.0 Å². The van der Waals surface area contributed by atoms with E-state index in [1.165, 1.54) is 0 Å². The molecule has 0 aliphatic rings. The van der Waals surface area contributed by atoms with Crippen molar-refractivity contribution in [2.75, 3.05) is 23.7 Å². The minimum Gasteiger partial charge on any atom is -0.352 e. The van der Waals surface area contributed by atoms with Gasteiger partial charge in [0.1, 0.15) is 0 Å². The van der Waals surface area contributed by atoms with Gasteiger partial charge in [-0.15, -0.1) is 0 Å².